The Morgan fingerprint density at radius 2 is 1.62 bits per heavy atom. The van der Waals surface area contributed by atoms with Crippen LogP contribution in [0.5, 0.6) is 5.75 Å². The fourth-order valence-corrected chi connectivity index (χ4v) is 4.04. The first-order chi connectivity index (χ1) is 16.4. The highest BCUT2D eigenvalue weighted by molar-refractivity contribution is 5.94. The zero-order valence-corrected chi connectivity index (χ0v) is 18.8. The van der Waals surface area contributed by atoms with E-state index in [1.165, 1.54) is 0 Å². The Bertz CT molecular complexity index is 1230. The number of carbonyl (C=O) groups excluding carboxylic acids is 1. The largest absolute Gasteiger partial charge is 0.506 e. The minimum Gasteiger partial charge on any atom is -0.506 e. The number of hydrogen-bond acceptors (Lipinski definition) is 6. The number of phenols is 1. The summed E-state index contributed by atoms with van der Waals surface area (Å²) in [6, 6.07) is 21.8. The van der Waals surface area contributed by atoms with Gasteiger partial charge in [0.1, 0.15) is 11.3 Å². The van der Waals surface area contributed by atoms with Crippen molar-refractivity contribution in [2.24, 2.45) is 0 Å². The first kappa shape index (κ1) is 23.2. The molecule has 7 nitrogen and oxygen atoms in total. The molecular weight excluding hydrogens is 428 g/mol. The molecule has 1 fully saturated rings. The van der Waals surface area contributed by atoms with Crippen molar-refractivity contribution in [3.8, 4) is 5.75 Å². The molecule has 3 heterocycles. The molecule has 0 saturated carbocycles. The van der Waals surface area contributed by atoms with E-state index in [1.807, 2.05) is 36.4 Å². The zero-order chi connectivity index (χ0) is 24.0. The number of anilines is 1. The van der Waals surface area contributed by atoms with Crippen LogP contribution in [0.15, 0.2) is 85.2 Å². The van der Waals surface area contributed by atoms with E-state index in [9.17, 15) is 15.0 Å². The van der Waals surface area contributed by atoms with E-state index >= 15 is 0 Å². The Labute approximate surface area is 198 Å². The van der Waals surface area contributed by atoms with Crippen LogP contribution in [-0.4, -0.2) is 49.7 Å². The third-order valence-electron chi connectivity index (χ3n) is 5.99. The predicted octanol–water partition coefficient (Wildman–Crippen LogP) is 3.81. The van der Waals surface area contributed by atoms with E-state index in [4.69, 9.17) is 5.73 Å². The molecule has 0 radical (unpaired) electrons. The molecule has 4 N–H and O–H groups in total. The van der Waals surface area contributed by atoms with Crippen molar-refractivity contribution in [1.82, 2.24) is 14.9 Å². The lowest BCUT2D eigenvalue weighted by Gasteiger charge is -2.38. The molecule has 34 heavy (non-hydrogen) atoms. The molecule has 0 spiro atoms. The van der Waals surface area contributed by atoms with Gasteiger partial charge < -0.3 is 20.8 Å². The van der Waals surface area contributed by atoms with Gasteiger partial charge in [-0.1, -0.05) is 24.3 Å². The molecule has 174 valence electrons. The number of pyridine rings is 2. The molecule has 7 heteroatoms. The van der Waals surface area contributed by atoms with Gasteiger partial charge in [-0.05, 0) is 61.4 Å². The fourth-order valence-electron chi connectivity index (χ4n) is 4.04. The van der Waals surface area contributed by atoms with Crippen molar-refractivity contribution < 1.29 is 15.0 Å². The zero-order valence-electron chi connectivity index (χ0n) is 18.8. The number of aromatic hydroxyl groups is 1. The molecule has 0 atom stereocenters. The monoisotopic (exact) mass is 456 g/mol. The molecular formula is C27H28N4O3. The predicted molar refractivity (Wildman–Crippen MR) is 132 cm³/mol. The molecule has 2 aromatic heterocycles. The Morgan fingerprint density at radius 3 is 2.29 bits per heavy atom. The van der Waals surface area contributed by atoms with Gasteiger partial charge in [0.2, 0.25) is 0 Å². The summed E-state index contributed by atoms with van der Waals surface area (Å²) in [4.78, 5) is 22.6. The maximum absolute atomic E-state index is 12.5. The summed E-state index contributed by atoms with van der Waals surface area (Å²) in [7, 11) is 0. The number of likely N-dealkylation sites (tertiary alicyclic amines) is 1. The number of nitrogens with two attached hydrogens (primary N) is 1. The number of phenolic OH excluding ortho intramolecular Hbond substituents is 1. The Morgan fingerprint density at radius 1 is 0.912 bits per heavy atom. The summed E-state index contributed by atoms with van der Waals surface area (Å²) in [5.41, 5.74) is 7.69. The van der Waals surface area contributed by atoms with Crippen molar-refractivity contribution in [2.45, 2.75) is 24.9 Å². The topological polar surface area (TPSA) is 113 Å². The molecule has 4 aromatic rings. The number of benzene rings is 2. The summed E-state index contributed by atoms with van der Waals surface area (Å²) in [5, 5.41) is 21.0. The minimum atomic E-state index is -0.785. The molecule has 1 aliphatic heterocycles. The van der Waals surface area contributed by atoms with Crippen LogP contribution in [0.1, 0.15) is 28.9 Å². The van der Waals surface area contributed by atoms with Crippen molar-refractivity contribution in [3.63, 3.8) is 0 Å². The standard InChI is InChI=1S/C18H21N3O2.C9H7NO/c19-15-6-4-14(5-7-15)17(22)21-11-8-18(23,9-12-21)13-16-3-1-2-10-20-16;11-8-5-1-3-7-4-2-6-10-9(7)8/h1-7,10,23H,8-9,11-13,19H2;1-6,11H. The normalized spacial score (nSPS) is 14.8. The van der Waals surface area contributed by atoms with Crippen LogP contribution in [-0.2, 0) is 6.42 Å². The highest BCUT2D eigenvalue weighted by atomic mass is 16.3. The Kier molecular flexibility index (Phi) is 7.04. The van der Waals surface area contributed by atoms with Crippen LogP contribution >= 0.6 is 0 Å². The number of nitrogens with zero attached hydrogens (tertiary/aromatic N) is 3. The number of aliphatic hydroxyl groups is 1. The van der Waals surface area contributed by atoms with Crippen LogP contribution in [0, 0.1) is 0 Å². The summed E-state index contributed by atoms with van der Waals surface area (Å²) in [6.07, 6.45) is 5.05. The summed E-state index contributed by atoms with van der Waals surface area (Å²) < 4.78 is 0. The number of hydrogen-bond donors (Lipinski definition) is 3. The number of piperidine rings is 1. The first-order valence-electron chi connectivity index (χ1n) is 11.2. The quantitative estimate of drug-likeness (QED) is 0.404. The average Bonchev–Trinajstić information content (AvgIpc) is 2.86. The number of rotatable bonds is 3. The number of aromatic nitrogens is 2. The third-order valence-corrected chi connectivity index (χ3v) is 5.99. The smallest absolute Gasteiger partial charge is 0.253 e. The van der Waals surface area contributed by atoms with E-state index in [-0.39, 0.29) is 11.7 Å². The van der Waals surface area contributed by atoms with Crippen LogP contribution in [0.3, 0.4) is 0 Å². The highest BCUT2D eigenvalue weighted by Crippen LogP contribution is 2.27. The number of fused-ring (bicyclic) bond motifs is 1. The van der Waals surface area contributed by atoms with E-state index in [0.717, 1.165) is 11.1 Å². The highest BCUT2D eigenvalue weighted by Gasteiger charge is 2.34. The van der Waals surface area contributed by atoms with E-state index < -0.39 is 5.60 Å². The van der Waals surface area contributed by atoms with E-state index in [2.05, 4.69) is 9.97 Å². The van der Waals surface area contributed by atoms with Gasteiger partial charge in [0.05, 0.1) is 5.60 Å². The lowest BCUT2D eigenvalue weighted by Crippen LogP contribution is -2.47. The van der Waals surface area contributed by atoms with Gasteiger partial charge in [0.25, 0.3) is 5.91 Å². The lowest BCUT2D eigenvalue weighted by molar-refractivity contribution is -0.0168. The summed E-state index contributed by atoms with van der Waals surface area (Å²) in [5.74, 6) is 0.230. The molecule has 0 aliphatic carbocycles. The molecule has 0 bridgehead atoms. The van der Waals surface area contributed by atoms with Crippen LogP contribution in [0.4, 0.5) is 5.69 Å². The number of para-hydroxylation sites is 1. The van der Waals surface area contributed by atoms with Crippen LogP contribution in [0.25, 0.3) is 10.9 Å². The average molecular weight is 457 g/mol. The SMILES string of the molecule is Nc1ccc(C(=O)N2CCC(O)(Cc3ccccn3)CC2)cc1.Oc1cccc2cccnc12. The van der Waals surface area contributed by atoms with Crippen molar-refractivity contribution in [2.75, 3.05) is 18.8 Å². The third kappa shape index (κ3) is 5.68. The molecule has 2 aromatic carbocycles. The number of amides is 1. The van der Waals surface area contributed by atoms with Gasteiger partial charge in [0, 0.05) is 54.2 Å². The molecule has 1 aliphatic rings. The maximum Gasteiger partial charge on any atom is 0.253 e. The van der Waals surface area contributed by atoms with E-state index in [1.54, 1.807) is 53.7 Å². The number of nitrogen functional groups attached to an aromatic ring is 1. The summed E-state index contributed by atoms with van der Waals surface area (Å²) >= 11 is 0. The lowest BCUT2D eigenvalue weighted by atomic mass is 9.86. The van der Waals surface area contributed by atoms with Gasteiger partial charge in [-0.3, -0.25) is 14.8 Å². The minimum absolute atomic E-state index is 0.00936. The number of carbonyl (C=O) groups is 1. The molecule has 5 rings (SSSR count). The second-order valence-corrected chi connectivity index (χ2v) is 8.49. The molecule has 1 amide bonds. The van der Waals surface area contributed by atoms with Crippen molar-refractivity contribution in [1.29, 1.82) is 0 Å². The summed E-state index contributed by atoms with van der Waals surface area (Å²) in [6.45, 7) is 1.10. The van der Waals surface area contributed by atoms with Gasteiger partial charge in [-0.2, -0.15) is 0 Å². The van der Waals surface area contributed by atoms with Crippen molar-refractivity contribution in [3.05, 3.63) is 96.4 Å². The Hall–Kier alpha value is -3.97. The first-order valence-corrected chi connectivity index (χ1v) is 11.2. The van der Waals surface area contributed by atoms with E-state index in [0.29, 0.717) is 49.1 Å². The van der Waals surface area contributed by atoms with Crippen molar-refractivity contribution >= 4 is 22.5 Å². The van der Waals surface area contributed by atoms with Crippen LogP contribution < -0.4 is 5.73 Å². The van der Waals surface area contributed by atoms with Crippen LogP contribution in [0.2, 0.25) is 0 Å². The molecule has 0 unspecified atom stereocenters. The molecule has 1 saturated heterocycles. The fraction of sp³-hybridized carbons (Fsp3) is 0.222. The second kappa shape index (κ2) is 10.3. The van der Waals surface area contributed by atoms with Gasteiger partial charge in [-0.25, -0.2) is 0 Å². The Balaban J connectivity index is 0.000000207. The maximum atomic E-state index is 12.5. The van der Waals surface area contributed by atoms with Gasteiger partial charge in [-0.15, -0.1) is 0 Å². The van der Waals surface area contributed by atoms with Gasteiger partial charge in [0.15, 0.2) is 0 Å². The second-order valence-electron chi connectivity index (χ2n) is 8.49. The van der Waals surface area contributed by atoms with Gasteiger partial charge >= 0.3 is 0 Å².